The van der Waals surface area contributed by atoms with Gasteiger partial charge in [0.25, 0.3) is 0 Å². The Kier molecular flexibility index (Phi) is 4.33. The second-order valence-corrected chi connectivity index (χ2v) is 4.90. The number of aryl methyl sites for hydroxylation is 1. The smallest absolute Gasteiger partial charge is 0.159 e. The molecule has 1 N–H and O–H groups in total. The van der Waals surface area contributed by atoms with Gasteiger partial charge in [-0.25, -0.2) is 8.78 Å². The van der Waals surface area contributed by atoms with E-state index in [-0.39, 0.29) is 0 Å². The van der Waals surface area contributed by atoms with Crippen LogP contribution >= 0.6 is 11.3 Å². The fraction of sp³-hybridized carbons (Fsp3) is 0.333. The van der Waals surface area contributed by atoms with Gasteiger partial charge in [-0.3, -0.25) is 0 Å². The highest BCUT2D eigenvalue weighted by Crippen LogP contribution is 2.25. The van der Waals surface area contributed by atoms with Crippen molar-refractivity contribution >= 4 is 11.3 Å². The summed E-state index contributed by atoms with van der Waals surface area (Å²) in [5.74, 6) is -1.71. The molecule has 0 aliphatic carbocycles. The highest BCUT2D eigenvalue weighted by atomic mass is 32.1. The molecule has 1 aromatic heterocycles. The van der Waals surface area contributed by atoms with Gasteiger partial charge in [-0.2, -0.15) is 0 Å². The minimum absolute atomic E-state index is 0.561. The highest BCUT2D eigenvalue weighted by molar-refractivity contribution is 7.14. The number of hydrogen-bond acceptors (Lipinski definition) is 4. The third kappa shape index (κ3) is 3.08. The second-order valence-electron chi connectivity index (χ2n) is 3.84. The SMILES string of the molecule is CNCCCc1nnc(-c2ccc(F)c(F)c2)s1. The summed E-state index contributed by atoms with van der Waals surface area (Å²) >= 11 is 1.41. The van der Waals surface area contributed by atoms with Crippen molar-refractivity contribution in [1.82, 2.24) is 15.5 Å². The van der Waals surface area contributed by atoms with E-state index >= 15 is 0 Å². The summed E-state index contributed by atoms with van der Waals surface area (Å²) in [7, 11) is 1.90. The first kappa shape index (κ1) is 13.0. The van der Waals surface area contributed by atoms with Gasteiger partial charge in [-0.1, -0.05) is 11.3 Å². The zero-order valence-corrected chi connectivity index (χ0v) is 10.7. The Labute approximate surface area is 108 Å². The number of aromatic nitrogens is 2. The predicted molar refractivity (Wildman–Crippen MR) is 67.5 cm³/mol. The van der Waals surface area contributed by atoms with Gasteiger partial charge in [-0.05, 0) is 38.2 Å². The maximum absolute atomic E-state index is 13.1. The van der Waals surface area contributed by atoms with E-state index in [9.17, 15) is 8.78 Å². The van der Waals surface area contributed by atoms with Crippen LogP contribution in [0.5, 0.6) is 0 Å². The Bertz CT molecular complexity index is 528. The number of halogens is 2. The minimum Gasteiger partial charge on any atom is -0.320 e. The van der Waals surface area contributed by atoms with Crippen LogP contribution in [0, 0.1) is 11.6 Å². The molecule has 0 bridgehead atoms. The Morgan fingerprint density at radius 3 is 2.78 bits per heavy atom. The van der Waals surface area contributed by atoms with E-state index in [1.165, 1.54) is 17.4 Å². The zero-order valence-electron chi connectivity index (χ0n) is 9.91. The number of nitrogens with zero attached hydrogens (tertiary/aromatic N) is 2. The Morgan fingerprint density at radius 1 is 1.22 bits per heavy atom. The first-order valence-electron chi connectivity index (χ1n) is 5.63. The third-order valence-corrected chi connectivity index (χ3v) is 3.48. The molecule has 1 heterocycles. The van der Waals surface area contributed by atoms with Gasteiger partial charge in [0.15, 0.2) is 11.6 Å². The largest absolute Gasteiger partial charge is 0.320 e. The van der Waals surface area contributed by atoms with Crippen LogP contribution in [0.15, 0.2) is 18.2 Å². The molecule has 2 rings (SSSR count). The van der Waals surface area contributed by atoms with Crippen molar-refractivity contribution in [3.63, 3.8) is 0 Å². The van der Waals surface area contributed by atoms with Gasteiger partial charge in [0.05, 0.1) is 0 Å². The molecule has 0 amide bonds. The summed E-state index contributed by atoms with van der Waals surface area (Å²) in [4.78, 5) is 0. The summed E-state index contributed by atoms with van der Waals surface area (Å²) < 4.78 is 25.9. The normalized spacial score (nSPS) is 10.8. The Hall–Kier alpha value is -1.40. The molecule has 0 aliphatic heterocycles. The van der Waals surface area contributed by atoms with Gasteiger partial charge in [0, 0.05) is 12.0 Å². The molecule has 0 unspecified atom stereocenters. The monoisotopic (exact) mass is 269 g/mol. The molecule has 0 spiro atoms. The van der Waals surface area contributed by atoms with E-state index < -0.39 is 11.6 Å². The quantitative estimate of drug-likeness (QED) is 0.848. The summed E-state index contributed by atoms with van der Waals surface area (Å²) in [5.41, 5.74) is 0.561. The van der Waals surface area contributed by atoms with Crippen molar-refractivity contribution < 1.29 is 8.78 Å². The number of nitrogens with one attached hydrogen (secondary N) is 1. The van der Waals surface area contributed by atoms with Crippen molar-refractivity contribution in [2.24, 2.45) is 0 Å². The van der Waals surface area contributed by atoms with E-state index in [1.807, 2.05) is 7.05 Å². The minimum atomic E-state index is -0.862. The van der Waals surface area contributed by atoms with Crippen LogP contribution in [-0.2, 0) is 6.42 Å². The van der Waals surface area contributed by atoms with E-state index in [0.29, 0.717) is 10.6 Å². The van der Waals surface area contributed by atoms with Crippen LogP contribution in [0.1, 0.15) is 11.4 Å². The van der Waals surface area contributed by atoms with Crippen molar-refractivity contribution in [3.05, 3.63) is 34.8 Å². The molecule has 0 aliphatic rings. The lowest BCUT2D eigenvalue weighted by Gasteiger charge is -1.96. The maximum Gasteiger partial charge on any atom is 0.159 e. The molecule has 2 aromatic rings. The lowest BCUT2D eigenvalue weighted by atomic mass is 10.2. The summed E-state index contributed by atoms with van der Waals surface area (Å²) in [6.07, 6.45) is 1.81. The van der Waals surface area contributed by atoms with Crippen molar-refractivity contribution in [2.75, 3.05) is 13.6 Å². The van der Waals surface area contributed by atoms with Gasteiger partial charge in [0.2, 0.25) is 0 Å². The van der Waals surface area contributed by atoms with Crippen LogP contribution in [0.4, 0.5) is 8.78 Å². The lowest BCUT2D eigenvalue weighted by molar-refractivity contribution is 0.509. The molecule has 0 saturated carbocycles. The molecule has 0 fully saturated rings. The summed E-state index contributed by atoms with van der Waals surface area (Å²) in [6.45, 7) is 0.917. The van der Waals surface area contributed by atoms with Crippen LogP contribution < -0.4 is 5.32 Å². The Balaban J connectivity index is 2.11. The molecular formula is C12H13F2N3S. The second kappa shape index (κ2) is 5.97. The van der Waals surface area contributed by atoms with E-state index in [0.717, 1.165) is 36.5 Å². The van der Waals surface area contributed by atoms with Crippen LogP contribution in [0.2, 0.25) is 0 Å². The topological polar surface area (TPSA) is 37.8 Å². The molecule has 3 nitrogen and oxygen atoms in total. The van der Waals surface area contributed by atoms with E-state index in [1.54, 1.807) is 0 Å². The summed E-state index contributed by atoms with van der Waals surface area (Å²) in [5, 5.41) is 12.6. The highest BCUT2D eigenvalue weighted by Gasteiger charge is 2.09. The van der Waals surface area contributed by atoms with Gasteiger partial charge in [0.1, 0.15) is 10.0 Å². The molecule has 18 heavy (non-hydrogen) atoms. The van der Waals surface area contributed by atoms with Gasteiger partial charge < -0.3 is 5.32 Å². The molecule has 1 aromatic carbocycles. The van der Waals surface area contributed by atoms with Crippen molar-refractivity contribution in [2.45, 2.75) is 12.8 Å². The first-order chi connectivity index (χ1) is 8.70. The van der Waals surface area contributed by atoms with Crippen molar-refractivity contribution in [3.8, 4) is 10.6 Å². The average molecular weight is 269 g/mol. The maximum atomic E-state index is 13.1. The summed E-state index contributed by atoms with van der Waals surface area (Å²) in [6, 6.07) is 3.76. The molecule has 0 atom stereocenters. The van der Waals surface area contributed by atoms with Crippen LogP contribution in [0.25, 0.3) is 10.6 Å². The molecule has 0 saturated heterocycles. The Morgan fingerprint density at radius 2 is 2.06 bits per heavy atom. The van der Waals surface area contributed by atoms with E-state index in [4.69, 9.17) is 0 Å². The van der Waals surface area contributed by atoms with Crippen molar-refractivity contribution in [1.29, 1.82) is 0 Å². The van der Waals surface area contributed by atoms with Crippen LogP contribution in [0.3, 0.4) is 0 Å². The third-order valence-electron chi connectivity index (χ3n) is 2.45. The standard InChI is InChI=1S/C12H13F2N3S/c1-15-6-2-3-11-16-17-12(18-11)8-4-5-9(13)10(14)7-8/h4-5,7,15H,2-3,6H2,1H3. The zero-order chi connectivity index (χ0) is 13.0. The lowest BCUT2D eigenvalue weighted by Crippen LogP contribution is -2.08. The molecule has 6 heteroatoms. The number of hydrogen-bond donors (Lipinski definition) is 1. The number of benzene rings is 1. The first-order valence-corrected chi connectivity index (χ1v) is 6.45. The number of rotatable bonds is 5. The fourth-order valence-electron chi connectivity index (χ4n) is 1.52. The average Bonchev–Trinajstić information content (AvgIpc) is 2.82. The van der Waals surface area contributed by atoms with E-state index in [2.05, 4.69) is 15.5 Å². The fourth-order valence-corrected chi connectivity index (χ4v) is 2.39. The van der Waals surface area contributed by atoms with Gasteiger partial charge in [-0.15, -0.1) is 10.2 Å². The predicted octanol–water partition coefficient (Wildman–Crippen LogP) is 2.64. The van der Waals surface area contributed by atoms with Crippen LogP contribution in [-0.4, -0.2) is 23.8 Å². The molecule has 96 valence electrons. The molecular weight excluding hydrogens is 256 g/mol. The van der Waals surface area contributed by atoms with Gasteiger partial charge >= 0.3 is 0 Å². The molecule has 0 radical (unpaired) electrons.